The molecule has 0 amide bonds. The molecule has 4 nitrogen and oxygen atoms in total. The molecule has 2 aliphatic carbocycles. The molecule has 0 saturated heterocycles. The Balaban J connectivity index is 1.71. The fourth-order valence-electron chi connectivity index (χ4n) is 3.57. The summed E-state index contributed by atoms with van der Waals surface area (Å²) in [6, 6.07) is 5.98. The molecule has 0 atom stereocenters. The summed E-state index contributed by atoms with van der Waals surface area (Å²) in [6.45, 7) is 0. The van der Waals surface area contributed by atoms with Gasteiger partial charge >= 0.3 is 0 Å². The molecule has 2 fully saturated rings. The Morgan fingerprint density at radius 2 is 1.75 bits per heavy atom. The first-order valence-corrected chi connectivity index (χ1v) is 7.37. The number of aliphatic imine (C=N–C) groups is 1. The minimum absolute atomic E-state index is 0.393. The molecular weight excluding hydrogens is 254 g/mol. The van der Waals surface area contributed by atoms with Crippen LogP contribution in [-0.2, 0) is 10.3 Å². The average Bonchev–Trinajstić information content (AvgIpc) is 3.02. The van der Waals surface area contributed by atoms with Crippen molar-refractivity contribution < 1.29 is 14.3 Å². The number of fused-ring (bicyclic) bond motifs is 1. The fourth-order valence-corrected chi connectivity index (χ4v) is 3.57. The van der Waals surface area contributed by atoms with Crippen LogP contribution < -0.4 is 9.47 Å². The number of benzene rings is 1. The summed E-state index contributed by atoms with van der Waals surface area (Å²) in [5, 5.41) is 0. The van der Waals surface area contributed by atoms with Gasteiger partial charge in [0.25, 0.3) is 5.79 Å². The van der Waals surface area contributed by atoms with Crippen molar-refractivity contribution in [3.63, 3.8) is 0 Å². The lowest BCUT2D eigenvalue weighted by atomic mass is 9.89. The molecular formula is C16H17NO3. The lowest BCUT2D eigenvalue weighted by Crippen LogP contribution is -2.45. The number of rotatable bonds is 2. The van der Waals surface area contributed by atoms with Crippen LogP contribution in [0.25, 0.3) is 0 Å². The fraction of sp³-hybridized carbons (Fsp3) is 0.562. The molecule has 3 aliphatic rings. The molecule has 20 heavy (non-hydrogen) atoms. The third-order valence-electron chi connectivity index (χ3n) is 4.88. The molecule has 4 rings (SSSR count). The van der Waals surface area contributed by atoms with Gasteiger partial charge in [0.1, 0.15) is 0 Å². The molecule has 2 saturated carbocycles. The normalized spacial score (nSPS) is 24.2. The van der Waals surface area contributed by atoms with Crippen LogP contribution in [0.15, 0.2) is 23.2 Å². The Hall–Kier alpha value is -1.80. The SMILES string of the molecule is O=C=NC1(c2ccc3c(c2)OC2(CCC2)O3)CCCC1. The highest BCUT2D eigenvalue weighted by Crippen LogP contribution is 2.51. The highest BCUT2D eigenvalue weighted by Gasteiger charge is 2.47. The molecule has 4 heteroatoms. The quantitative estimate of drug-likeness (QED) is 0.611. The van der Waals surface area contributed by atoms with Gasteiger partial charge in [-0.3, -0.25) is 0 Å². The molecule has 1 aliphatic heterocycles. The number of ether oxygens (including phenoxy) is 2. The monoisotopic (exact) mass is 271 g/mol. The van der Waals surface area contributed by atoms with Gasteiger partial charge in [-0.25, -0.2) is 4.79 Å². The minimum Gasteiger partial charge on any atom is -0.448 e. The summed E-state index contributed by atoms with van der Waals surface area (Å²) in [5.74, 6) is 1.21. The minimum atomic E-state index is -0.405. The Morgan fingerprint density at radius 3 is 2.40 bits per heavy atom. The first kappa shape index (κ1) is 12.0. The van der Waals surface area contributed by atoms with Crippen LogP contribution in [-0.4, -0.2) is 11.9 Å². The van der Waals surface area contributed by atoms with E-state index in [4.69, 9.17) is 9.47 Å². The molecule has 104 valence electrons. The summed E-state index contributed by atoms with van der Waals surface area (Å²) < 4.78 is 11.9. The lowest BCUT2D eigenvalue weighted by Gasteiger charge is -2.35. The van der Waals surface area contributed by atoms with E-state index in [1.165, 1.54) is 0 Å². The van der Waals surface area contributed by atoms with Gasteiger partial charge in [-0.15, -0.1) is 0 Å². The Labute approximate surface area is 117 Å². The highest BCUT2D eigenvalue weighted by molar-refractivity contribution is 5.49. The van der Waals surface area contributed by atoms with Crippen LogP contribution in [0.3, 0.4) is 0 Å². The van der Waals surface area contributed by atoms with Gasteiger partial charge in [0.05, 0.1) is 5.54 Å². The van der Waals surface area contributed by atoms with Crippen LogP contribution in [0.1, 0.15) is 50.5 Å². The molecule has 0 unspecified atom stereocenters. The number of nitrogens with zero attached hydrogens (tertiary/aromatic N) is 1. The Bertz CT molecular complexity index is 594. The van der Waals surface area contributed by atoms with Crippen molar-refractivity contribution in [2.24, 2.45) is 4.99 Å². The molecule has 1 heterocycles. The predicted molar refractivity (Wildman–Crippen MR) is 72.5 cm³/mol. The van der Waals surface area contributed by atoms with Crippen LogP contribution in [0.4, 0.5) is 0 Å². The summed E-state index contributed by atoms with van der Waals surface area (Å²) in [7, 11) is 0. The lowest BCUT2D eigenvalue weighted by molar-refractivity contribution is -0.138. The number of isocyanates is 1. The van der Waals surface area contributed by atoms with Crippen LogP contribution in [0.5, 0.6) is 11.5 Å². The van der Waals surface area contributed by atoms with Crippen LogP contribution in [0, 0.1) is 0 Å². The predicted octanol–water partition coefficient (Wildman–Crippen LogP) is 3.44. The van der Waals surface area contributed by atoms with Crippen molar-refractivity contribution in [3.8, 4) is 11.5 Å². The molecule has 0 N–H and O–H groups in total. The zero-order valence-corrected chi connectivity index (χ0v) is 11.4. The van der Waals surface area contributed by atoms with Crippen molar-refractivity contribution in [2.75, 3.05) is 0 Å². The number of carbonyl (C=O) groups excluding carboxylic acids is 1. The summed E-state index contributed by atoms with van der Waals surface area (Å²) in [6.07, 6.45) is 8.84. The van der Waals surface area contributed by atoms with E-state index in [0.29, 0.717) is 0 Å². The maximum Gasteiger partial charge on any atom is 0.251 e. The molecule has 0 aromatic heterocycles. The van der Waals surface area contributed by atoms with E-state index in [1.54, 1.807) is 6.08 Å². The number of hydrogen-bond acceptors (Lipinski definition) is 4. The summed E-state index contributed by atoms with van der Waals surface area (Å²) in [5.41, 5.74) is 0.659. The molecule has 1 spiro atoms. The third kappa shape index (κ3) is 1.61. The van der Waals surface area contributed by atoms with E-state index in [-0.39, 0.29) is 0 Å². The first-order valence-electron chi connectivity index (χ1n) is 7.37. The second-order valence-corrected chi connectivity index (χ2v) is 6.07. The maximum absolute atomic E-state index is 10.8. The molecule has 1 aromatic carbocycles. The second kappa shape index (κ2) is 4.10. The van der Waals surface area contributed by atoms with Crippen LogP contribution in [0.2, 0.25) is 0 Å². The topological polar surface area (TPSA) is 47.9 Å². The zero-order valence-electron chi connectivity index (χ0n) is 11.4. The van der Waals surface area contributed by atoms with Gasteiger partial charge in [-0.2, -0.15) is 4.99 Å². The third-order valence-corrected chi connectivity index (χ3v) is 4.88. The van der Waals surface area contributed by atoms with Crippen molar-refractivity contribution in [1.82, 2.24) is 0 Å². The van der Waals surface area contributed by atoms with Crippen molar-refractivity contribution in [3.05, 3.63) is 23.8 Å². The Kier molecular flexibility index (Phi) is 2.45. The smallest absolute Gasteiger partial charge is 0.251 e. The molecule has 1 aromatic rings. The van der Waals surface area contributed by atoms with Gasteiger partial charge in [0, 0.05) is 12.8 Å². The van der Waals surface area contributed by atoms with E-state index in [9.17, 15) is 4.79 Å². The zero-order chi connectivity index (χ0) is 13.6. The van der Waals surface area contributed by atoms with Gasteiger partial charge in [0.15, 0.2) is 11.5 Å². The van der Waals surface area contributed by atoms with E-state index < -0.39 is 11.3 Å². The van der Waals surface area contributed by atoms with Gasteiger partial charge in [-0.05, 0) is 37.0 Å². The molecule has 0 radical (unpaired) electrons. The maximum atomic E-state index is 10.8. The van der Waals surface area contributed by atoms with E-state index >= 15 is 0 Å². The highest BCUT2D eigenvalue weighted by atomic mass is 16.7. The van der Waals surface area contributed by atoms with Gasteiger partial charge in [0.2, 0.25) is 6.08 Å². The largest absolute Gasteiger partial charge is 0.448 e. The van der Waals surface area contributed by atoms with Gasteiger partial charge < -0.3 is 9.47 Å². The number of hydrogen-bond donors (Lipinski definition) is 0. The Morgan fingerprint density at radius 1 is 1.00 bits per heavy atom. The van der Waals surface area contributed by atoms with E-state index in [0.717, 1.165) is 62.0 Å². The van der Waals surface area contributed by atoms with Crippen molar-refractivity contribution >= 4 is 6.08 Å². The van der Waals surface area contributed by atoms with Crippen molar-refractivity contribution in [1.29, 1.82) is 0 Å². The van der Waals surface area contributed by atoms with Crippen LogP contribution >= 0.6 is 0 Å². The van der Waals surface area contributed by atoms with Gasteiger partial charge in [-0.1, -0.05) is 18.9 Å². The summed E-state index contributed by atoms with van der Waals surface area (Å²) >= 11 is 0. The summed E-state index contributed by atoms with van der Waals surface area (Å²) in [4.78, 5) is 14.9. The van der Waals surface area contributed by atoms with Crippen molar-refractivity contribution in [2.45, 2.75) is 56.3 Å². The second-order valence-electron chi connectivity index (χ2n) is 6.07. The first-order chi connectivity index (χ1) is 9.75. The van der Waals surface area contributed by atoms with E-state index in [2.05, 4.69) is 4.99 Å². The molecule has 0 bridgehead atoms. The van der Waals surface area contributed by atoms with E-state index in [1.807, 2.05) is 18.2 Å². The standard InChI is InChI=1S/C16H17NO3/c18-11-17-15(6-1-2-7-15)12-4-5-13-14(10-12)20-16(19-13)8-3-9-16/h4-5,10H,1-3,6-9H2. The average molecular weight is 271 g/mol.